The predicted octanol–water partition coefficient (Wildman–Crippen LogP) is 4.34. The standard InChI is InChI=1S/C21H30O4/c1-12(22)25-18-7-6-14-13-4-5-16-19(24)17(23)9-11-20(16,2)15(13)8-10-21(14,18)3/h13-15,18,24H,4-11H2,1-3H3/t13-,14-,15-,18-,20+,21-/m0/s1. The summed E-state index contributed by atoms with van der Waals surface area (Å²) in [5.74, 6) is 1.60. The van der Waals surface area contributed by atoms with Crippen LogP contribution in [0.3, 0.4) is 0 Å². The van der Waals surface area contributed by atoms with Crippen LogP contribution in [0.15, 0.2) is 11.3 Å². The van der Waals surface area contributed by atoms with Crippen LogP contribution in [-0.4, -0.2) is 23.0 Å². The SMILES string of the molecule is CC(=O)O[C@H]1CC[C@H]2[C@@H]3CCC4=C(O)C(=O)CC[C@]4(C)[C@H]3CC[C@]12C. The summed E-state index contributed by atoms with van der Waals surface area (Å²) >= 11 is 0. The van der Waals surface area contributed by atoms with Gasteiger partial charge >= 0.3 is 5.97 Å². The van der Waals surface area contributed by atoms with Crippen molar-refractivity contribution in [1.82, 2.24) is 0 Å². The molecule has 0 saturated heterocycles. The topological polar surface area (TPSA) is 63.6 Å². The molecular formula is C21H30O4. The van der Waals surface area contributed by atoms with E-state index in [0.717, 1.165) is 50.5 Å². The Morgan fingerprint density at radius 2 is 1.84 bits per heavy atom. The van der Waals surface area contributed by atoms with Gasteiger partial charge in [-0.2, -0.15) is 0 Å². The molecule has 138 valence electrons. The summed E-state index contributed by atoms with van der Waals surface area (Å²) in [5, 5.41) is 10.4. The maximum atomic E-state index is 12.0. The van der Waals surface area contributed by atoms with Crippen LogP contribution in [0.5, 0.6) is 0 Å². The number of fused-ring (bicyclic) bond motifs is 5. The zero-order valence-corrected chi connectivity index (χ0v) is 15.6. The lowest BCUT2D eigenvalue weighted by Gasteiger charge is -2.57. The molecule has 3 saturated carbocycles. The number of hydrogen-bond donors (Lipinski definition) is 1. The van der Waals surface area contributed by atoms with Crippen LogP contribution in [0, 0.1) is 28.6 Å². The lowest BCUT2D eigenvalue weighted by molar-refractivity contribution is -0.157. The molecule has 0 aliphatic heterocycles. The van der Waals surface area contributed by atoms with E-state index in [4.69, 9.17) is 4.74 Å². The highest BCUT2D eigenvalue weighted by Crippen LogP contribution is 2.66. The van der Waals surface area contributed by atoms with Crippen molar-refractivity contribution in [1.29, 1.82) is 0 Å². The maximum Gasteiger partial charge on any atom is 0.302 e. The Morgan fingerprint density at radius 3 is 2.56 bits per heavy atom. The van der Waals surface area contributed by atoms with Gasteiger partial charge in [-0.3, -0.25) is 9.59 Å². The molecule has 0 spiro atoms. The smallest absolute Gasteiger partial charge is 0.302 e. The van der Waals surface area contributed by atoms with Crippen molar-refractivity contribution in [3.05, 3.63) is 11.3 Å². The van der Waals surface area contributed by atoms with Crippen LogP contribution in [-0.2, 0) is 14.3 Å². The molecule has 4 heteroatoms. The van der Waals surface area contributed by atoms with Crippen molar-refractivity contribution >= 4 is 11.8 Å². The second-order valence-corrected chi connectivity index (χ2v) is 9.30. The van der Waals surface area contributed by atoms with Gasteiger partial charge in [-0.05, 0) is 73.7 Å². The number of ether oxygens (including phenoxy) is 1. The van der Waals surface area contributed by atoms with Crippen molar-refractivity contribution < 1.29 is 19.4 Å². The molecule has 0 aromatic carbocycles. The normalized spacial score (nSPS) is 46.3. The second-order valence-electron chi connectivity index (χ2n) is 9.30. The van der Waals surface area contributed by atoms with E-state index in [0.29, 0.717) is 24.2 Å². The summed E-state index contributed by atoms with van der Waals surface area (Å²) in [4.78, 5) is 23.5. The van der Waals surface area contributed by atoms with Crippen molar-refractivity contribution in [3.63, 3.8) is 0 Å². The van der Waals surface area contributed by atoms with Crippen molar-refractivity contribution in [2.75, 3.05) is 0 Å². The molecule has 1 N–H and O–H groups in total. The Hall–Kier alpha value is -1.32. The molecular weight excluding hydrogens is 316 g/mol. The second kappa shape index (κ2) is 5.59. The molecule has 25 heavy (non-hydrogen) atoms. The Kier molecular flexibility index (Phi) is 3.82. The summed E-state index contributed by atoms with van der Waals surface area (Å²) in [6, 6.07) is 0. The molecule has 4 rings (SSSR count). The fourth-order valence-corrected chi connectivity index (χ4v) is 7.03. The van der Waals surface area contributed by atoms with Gasteiger partial charge in [0.15, 0.2) is 11.5 Å². The number of hydrogen-bond acceptors (Lipinski definition) is 4. The fourth-order valence-electron chi connectivity index (χ4n) is 7.03. The van der Waals surface area contributed by atoms with Crippen LogP contribution in [0.1, 0.15) is 72.1 Å². The number of esters is 1. The third-order valence-corrected chi connectivity index (χ3v) is 8.32. The summed E-state index contributed by atoms with van der Waals surface area (Å²) in [5.41, 5.74) is 1.10. The summed E-state index contributed by atoms with van der Waals surface area (Å²) < 4.78 is 5.69. The molecule has 4 nitrogen and oxygen atoms in total. The highest BCUT2D eigenvalue weighted by atomic mass is 16.5. The molecule has 4 aliphatic carbocycles. The summed E-state index contributed by atoms with van der Waals surface area (Å²) in [6.45, 7) is 6.12. The molecule has 4 aliphatic rings. The van der Waals surface area contributed by atoms with Gasteiger partial charge in [0.25, 0.3) is 0 Å². The van der Waals surface area contributed by atoms with E-state index >= 15 is 0 Å². The number of carbonyl (C=O) groups excluding carboxylic acids is 2. The van der Waals surface area contributed by atoms with Gasteiger partial charge in [-0.1, -0.05) is 13.8 Å². The molecule has 0 aromatic rings. The van der Waals surface area contributed by atoms with E-state index in [-0.39, 0.29) is 34.4 Å². The number of Topliss-reactive ketones (excluding diaryl/α,β-unsaturated/α-hetero) is 1. The van der Waals surface area contributed by atoms with E-state index < -0.39 is 0 Å². The number of ketones is 1. The predicted molar refractivity (Wildman–Crippen MR) is 93.8 cm³/mol. The van der Waals surface area contributed by atoms with Gasteiger partial charge in [0.05, 0.1) is 0 Å². The number of aliphatic hydroxyl groups excluding tert-OH is 1. The average Bonchev–Trinajstić information content (AvgIpc) is 2.88. The highest BCUT2D eigenvalue weighted by Gasteiger charge is 2.60. The minimum absolute atomic E-state index is 0.0260. The Labute approximate surface area is 150 Å². The van der Waals surface area contributed by atoms with Gasteiger partial charge in [0, 0.05) is 18.8 Å². The van der Waals surface area contributed by atoms with Crippen molar-refractivity contribution in [2.24, 2.45) is 28.6 Å². The van der Waals surface area contributed by atoms with E-state index in [1.165, 1.54) is 6.92 Å². The molecule has 6 atom stereocenters. The molecule has 0 amide bonds. The molecule has 0 heterocycles. The number of aliphatic hydroxyl groups is 1. The number of rotatable bonds is 1. The molecule has 3 fully saturated rings. The van der Waals surface area contributed by atoms with Gasteiger partial charge < -0.3 is 9.84 Å². The van der Waals surface area contributed by atoms with E-state index in [1.54, 1.807) is 0 Å². The summed E-state index contributed by atoms with van der Waals surface area (Å²) in [6.07, 6.45) is 7.62. The maximum absolute atomic E-state index is 12.0. The van der Waals surface area contributed by atoms with E-state index in [2.05, 4.69) is 13.8 Å². The quantitative estimate of drug-likeness (QED) is 0.718. The van der Waals surface area contributed by atoms with Crippen LogP contribution in [0.2, 0.25) is 0 Å². The van der Waals surface area contributed by atoms with E-state index in [9.17, 15) is 14.7 Å². The van der Waals surface area contributed by atoms with Crippen molar-refractivity contribution in [3.8, 4) is 0 Å². The van der Waals surface area contributed by atoms with Gasteiger partial charge in [-0.15, -0.1) is 0 Å². The Morgan fingerprint density at radius 1 is 1.08 bits per heavy atom. The minimum Gasteiger partial charge on any atom is -0.504 e. The molecule has 0 bridgehead atoms. The van der Waals surface area contributed by atoms with Crippen LogP contribution in [0.4, 0.5) is 0 Å². The zero-order valence-electron chi connectivity index (χ0n) is 15.6. The largest absolute Gasteiger partial charge is 0.504 e. The third-order valence-electron chi connectivity index (χ3n) is 8.32. The Balaban J connectivity index is 1.65. The van der Waals surface area contributed by atoms with Crippen LogP contribution in [0.25, 0.3) is 0 Å². The van der Waals surface area contributed by atoms with Gasteiger partial charge in [-0.25, -0.2) is 0 Å². The highest BCUT2D eigenvalue weighted by molar-refractivity contribution is 5.95. The monoisotopic (exact) mass is 346 g/mol. The summed E-state index contributed by atoms with van der Waals surface area (Å²) in [7, 11) is 0. The third kappa shape index (κ3) is 2.32. The zero-order chi connectivity index (χ0) is 18.0. The first-order valence-electron chi connectivity index (χ1n) is 9.90. The fraction of sp³-hybridized carbons (Fsp3) is 0.810. The first kappa shape index (κ1) is 17.1. The van der Waals surface area contributed by atoms with Crippen LogP contribution >= 0.6 is 0 Å². The molecule has 0 aromatic heterocycles. The van der Waals surface area contributed by atoms with Gasteiger partial charge in [0.2, 0.25) is 0 Å². The van der Waals surface area contributed by atoms with Crippen molar-refractivity contribution in [2.45, 2.75) is 78.2 Å². The lowest BCUT2D eigenvalue weighted by atomic mass is 9.47. The van der Waals surface area contributed by atoms with Crippen LogP contribution < -0.4 is 0 Å². The lowest BCUT2D eigenvalue weighted by Crippen LogP contribution is -2.52. The number of carbonyl (C=O) groups is 2. The molecule has 0 unspecified atom stereocenters. The minimum atomic E-state index is -0.162. The van der Waals surface area contributed by atoms with Gasteiger partial charge in [0.1, 0.15) is 6.10 Å². The first-order chi connectivity index (χ1) is 11.8. The first-order valence-corrected chi connectivity index (χ1v) is 9.90. The molecule has 0 radical (unpaired) electrons. The average molecular weight is 346 g/mol. The number of allylic oxidation sites excluding steroid dienone is 1. The Bertz CT molecular complexity index is 650. The van der Waals surface area contributed by atoms with E-state index in [1.807, 2.05) is 0 Å².